The minimum Gasteiger partial charge on any atom is -0.476 e. The highest BCUT2D eigenvalue weighted by Gasteiger charge is 2.18. The van der Waals surface area contributed by atoms with Crippen LogP contribution < -0.4 is 0 Å². The van der Waals surface area contributed by atoms with Gasteiger partial charge in [-0.1, -0.05) is 5.16 Å². The Kier molecular flexibility index (Phi) is 3.51. The molecule has 2 aromatic rings. The molecule has 0 saturated carbocycles. The van der Waals surface area contributed by atoms with E-state index in [0.29, 0.717) is 0 Å². The lowest BCUT2D eigenvalue weighted by Crippen LogP contribution is -2.05. The first-order valence-corrected chi connectivity index (χ1v) is 5.53. The molecule has 0 bridgehead atoms. The number of carbonyl (C=O) groups excluding carboxylic acids is 1. The number of aromatic carboxylic acids is 1. The van der Waals surface area contributed by atoms with Crippen molar-refractivity contribution in [3.8, 4) is 11.3 Å². The van der Waals surface area contributed by atoms with Crippen molar-refractivity contribution in [3.63, 3.8) is 0 Å². The van der Waals surface area contributed by atoms with Crippen molar-refractivity contribution >= 4 is 11.9 Å². The van der Waals surface area contributed by atoms with Gasteiger partial charge in [-0.2, -0.15) is 0 Å². The van der Waals surface area contributed by atoms with Crippen LogP contribution >= 0.6 is 0 Å². The number of carboxylic acid groups (broad SMARTS) is 1. The molecule has 0 atom stereocenters. The van der Waals surface area contributed by atoms with Gasteiger partial charge in [-0.25, -0.2) is 14.0 Å². The number of rotatable bonds is 3. The quantitative estimate of drug-likeness (QED) is 0.867. The number of carbonyl (C=O) groups is 2. The van der Waals surface area contributed by atoms with Gasteiger partial charge in [0.15, 0.2) is 11.5 Å². The molecular formula is C13H10FNO5. The molecule has 0 aliphatic rings. The van der Waals surface area contributed by atoms with E-state index in [1.807, 2.05) is 0 Å². The Morgan fingerprint density at radius 2 is 2.05 bits per heavy atom. The van der Waals surface area contributed by atoms with Gasteiger partial charge >= 0.3 is 11.9 Å². The van der Waals surface area contributed by atoms with Crippen molar-refractivity contribution in [3.05, 3.63) is 40.8 Å². The van der Waals surface area contributed by atoms with Gasteiger partial charge in [0.25, 0.3) is 0 Å². The van der Waals surface area contributed by atoms with Gasteiger partial charge in [0.2, 0.25) is 0 Å². The maximum atomic E-state index is 13.8. The van der Waals surface area contributed by atoms with Crippen LogP contribution in [0, 0.1) is 12.7 Å². The van der Waals surface area contributed by atoms with Crippen molar-refractivity contribution in [1.29, 1.82) is 0 Å². The zero-order valence-electron chi connectivity index (χ0n) is 10.6. The highest BCUT2D eigenvalue weighted by molar-refractivity contribution is 5.93. The molecule has 6 nitrogen and oxygen atoms in total. The second kappa shape index (κ2) is 5.12. The van der Waals surface area contributed by atoms with E-state index in [4.69, 9.17) is 9.63 Å². The Labute approximate surface area is 112 Å². The third-order valence-electron chi connectivity index (χ3n) is 2.76. The molecule has 0 fully saturated rings. The SMILES string of the molecule is COC(=O)c1cc(-c2cc(C(=O)O)no2)cc(F)c1C. The number of carboxylic acids is 1. The molecular weight excluding hydrogens is 269 g/mol. The molecule has 20 heavy (non-hydrogen) atoms. The lowest BCUT2D eigenvalue weighted by Gasteiger charge is -2.06. The minimum atomic E-state index is -1.26. The molecule has 1 aromatic carbocycles. The van der Waals surface area contributed by atoms with Gasteiger partial charge in [0, 0.05) is 11.6 Å². The van der Waals surface area contributed by atoms with Gasteiger partial charge in [0.1, 0.15) is 5.82 Å². The van der Waals surface area contributed by atoms with E-state index >= 15 is 0 Å². The largest absolute Gasteiger partial charge is 0.476 e. The summed E-state index contributed by atoms with van der Waals surface area (Å²) in [5, 5.41) is 12.1. The van der Waals surface area contributed by atoms with Crippen LogP contribution in [0.25, 0.3) is 11.3 Å². The molecule has 7 heteroatoms. The third kappa shape index (κ3) is 2.37. The second-order valence-electron chi connectivity index (χ2n) is 4.00. The minimum absolute atomic E-state index is 0.0378. The number of ether oxygens (including phenoxy) is 1. The Morgan fingerprint density at radius 3 is 2.60 bits per heavy atom. The molecule has 1 aromatic heterocycles. The van der Waals surface area contributed by atoms with Crippen molar-refractivity contribution in [2.45, 2.75) is 6.92 Å². The third-order valence-corrected chi connectivity index (χ3v) is 2.76. The first-order chi connectivity index (χ1) is 9.43. The summed E-state index contributed by atoms with van der Waals surface area (Å²) in [7, 11) is 1.18. The van der Waals surface area contributed by atoms with Crippen LogP contribution in [0.5, 0.6) is 0 Å². The summed E-state index contributed by atoms with van der Waals surface area (Å²) in [6.07, 6.45) is 0. The van der Waals surface area contributed by atoms with Crippen LogP contribution in [0.3, 0.4) is 0 Å². The number of methoxy groups -OCH3 is 1. The lowest BCUT2D eigenvalue weighted by molar-refractivity contribution is 0.0598. The predicted molar refractivity (Wildman–Crippen MR) is 64.9 cm³/mol. The van der Waals surface area contributed by atoms with Crippen molar-refractivity contribution in [1.82, 2.24) is 5.16 Å². The molecule has 0 aliphatic carbocycles. The Morgan fingerprint density at radius 1 is 1.35 bits per heavy atom. The fourth-order valence-corrected chi connectivity index (χ4v) is 1.66. The van der Waals surface area contributed by atoms with E-state index in [1.54, 1.807) is 0 Å². The average Bonchev–Trinajstić information content (AvgIpc) is 2.90. The molecule has 0 amide bonds. The molecule has 1 N–H and O–H groups in total. The normalized spacial score (nSPS) is 10.3. The van der Waals surface area contributed by atoms with Crippen LogP contribution in [0.15, 0.2) is 22.7 Å². The number of halogens is 1. The maximum absolute atomic E-state index is 13.8. The van der Waals surface area contributed by atoms with Gasteiger partial charge in [0.05, 0.1) is 12.7 Å². The highest BCUT2D eigenvalue weighted by Crippen LogP contribution is 2.26. The number of benzene rings is 1. The summed E-state index contributed by atoms with van der Waals surface area (Å²) in [5.41, 5.74) is 0.0726. The summed E-state index contributed by atoms with van der Waals surface area (Å²) in [6.45, 7) is 1.44. The summed E-state index contributed by atoms with van der Waals surface area (Å²) in [5.74, 6) is -2.54. The van der Waals surface area contributed by atoms with Crippen molar-refractivity contribution < 1.29 is 28.3 Å². The number of hydrogen-bond acceptors (Lipinski definition) is 5. The van der Waals surface area contributed by atoms with E-state index in [-0.39, 0.29) is 28.1 Å². The van der Waals surface area contributed by atoms with Crippen LogP contribution in [0.2, 0.25) is 0 Å². The number of aromatic nitrogens is 1. The first-order valence-electron chi connectivity index (χ1n) is 5.53. The first kappa shape index (κ1) is 13.7. The number of hydrogen-bond donors (Lipinski definition) is 1. The molecule has 1 heterocycles. The van der Waals surface area contributed by atoms with Crippen molar-refractivity contribution in [2.24, 2.45) is 0 Å². The average molecular weight is 279 g/mol. The Hall–Kier alpha value is -2.70. The van der Waals surface area contributed by atoms with Crippen molar-refractivity contribution in [2.75, 3.05) is 7.11 Å². The summed E-state index contributed by atoms with van der Waals surface area (Å²) in [6, 6.07) is 3.64. The van der Waals surface area contributed by atoms with E-state index in [0.717, 1.165) is 12.1 Å². The second-order valence-corrected chi connectivity index (χ2v) is 4.00. The fourth-order valence-electron chi connectivity index (χ4n) is 1.66. The number of esters is 1. The molecule has 2 rings (SSSR count). The smallest absolute Gasteiger partial charge is 0.358 e. The summed E-state index contributed by atoms with van der Waals surface area (Å²) in [4.78, 5) is 22.3. The molecule has 0 radical (unpaired) electrons. The zero-order chi connectivity index (χ0) is 14.9. The molecule has 0 spiro atoms. The maximum Gasteiger partial charge on any atom is 0.358 e. The fraction of sp³-hybridized carbons (Fsp3) is 0.154. The lowest BCUT2D eigenvalue weighted by atomic mass is 10.0. The van der Waals surface area contributed by atoms with Crippen LogP contribution in [-0.4, -0.2) is 29.3 Å². The van der Waals surface area contributed by atoms with Crippen LogP contribution in [0.4, 0.5) is 4.39 Å². The van der Waals surface area contributed by atoms with Gasteiger partial charge in [-0.05, 0) is 24.6 Å². The molecule has 0 unspecified atom stereocenters. The van der Waals surface area contributed by atoms with Gasteiger partial charge in [-0.15, -0.1) is 0 Å². The van der Waals surface area contributed by atoms with Gasteiger partial charge in [-0.3, -0.25) is 0 Å². The standard InChI is InChI=1S/C13H10FNO5/c1-6-8(13(18)19-2)3-7(4-9(6)14)11-5-10(12(16)17)15-20-11/h3-5H,1-2H3,(H,16,17). The van der Waals surface area contributed by atoms with E-state index in [9.17, 15) is 14.0 Å². The van der Waals surface area contributed by atoms with E-state index in [1.165, 1.54) is 20.1 Å². The predicted octanol–water partition coefficient (Wildman–Crippen LogP) is 2.27. The summed E-state index contributed by atoms with van der Waals surface area (Å²) < 4.78 is 23.2. The molecule has 0 saturated heterocycles. The topological polar surface area (TPSA) is 89.6 Å². The van der Waals surface area contributed by atoms with E-state index < -0.39 is 17.8 Å². The Bertz CT molecular complexity index is 692. The van der Waals surface area contributed by atoms with Crippen LogP contribution in [-0.2, 0) is 4.74 Å². The zero-order valence-corrected chi connectivity index (χ0v) is 10.6. The monoisotopic (exact) mass is 279 g/mol. The Balaban J connectivity index is 2.54. The number of nitrogens with zero attached hydrogens (tertiary/aromatic N) is 1. The summed E-state index contributed by atoms with van der Waals surface area (Å²) >= 11 is 0. The molecule has 0 aliphatic heterocycles. The van der Waals surface area contributed by atoms with Crippen LogP contribution in [0.1, 0.15) is 26.4 Å². The highest BCUT2D eigenvalue weighted by atomic mass is 19.1. The molecule has 104 valence electrons. The van der Waals surface area contributed by atoms with E-state index in [2.05, 4.69) is 9.89 Å². The van der Waals surface area contributed by atoms with Gasteiger partial charge < -0.3 is 14.4 Å².